The van der Waals surface area contributed by atoms with Gasteiger partial charge in [0.1, 0.15) is 6.33 Å². The second kappa shape index (κ2) is 4.81. The molecular weight excluding hydrogens is 240 g/mol. The zero-order chi connectivity index (χ0) is 13.1. The van der Waals surface area contributed by atoms with Crippen molar-refractivity contribution in [1.82, 2.24) is 15.0 Å². The first kappa shape index (κ1) is 11.3. The highest BCUT2D eigenvalue weighted by Gasteiger charge is 2.08. The fourth-order valence-corrected chi connectivity index (χ4v) is 1.81. The minimum Gasteiger partial charge on any atom is -0.320 e. The van der Waals surface area contributed by atoms with Crippen LogP contribution < -0.4 is 5.32 Å². The number of hydrogen-bond donors (Lipinski definition) is 1. The molecule has 1 amide bonds. The third kappa shape index (κ3) is 2.26. The molecule has 3 rings (SSSR count). The van der Waals surface area contributed by atoms with Gasteiger partial charge in [-0.05, 0) is 18.2 Å². The summed E-state index contributed by atoms with van der Waals surface area (Å²) in [6.07, 6.45) is 6.32. The van der Waals surface area contributed by atoms with Crippen LogP contribution in [0.25, 0.3) is 10.9 Å². The second-order valence-corrected chi connectivity index (χ2v) is 3.96. The van der Waals surface area contributed by atoms with Crippen LogP contribution in [0.2, 0.25) is 0 Å². The average molecular weight is 250 g/mol. The van der Waals surface area contributed by atoms with Gasteiger partial charge in [0.2, 0.25) is 0 Å². The van der Waals surface area contributed by atoms with Crippen LogP contribution in [0.4, 0.5) is 5.69 Å². The highest BCUT2D eigenvalue weighted by molar-refractivity contribution is 6.07. The predicted octanol–water partition coefficient (Wildman–Crippen LogP) is 2.28. The van der Waals surface area contributed by atoms with E-state index >= 15 is 0 Å². The van der Waals surface area contributed by atoms with Crippen LogP contribution in [-0.2, 0) is 0 Å². The number of hydrogen-bond acceptors (Lipinski definition) is 4. The van der Waals surface area contributed by atoms with Gasteiger partial charge in [0.15, 0.2) is 0 Å². The number of nitrogens with zero attached hydrogens (tertiary/aromatic N) is 3. The number of benzene rings is 1. The number of para-hydroxylation sites is 1. The van der Waals surface area contributed by atoms with Gasteiger partial charge in [0.05, 0.1) is 16.8 Å². The lowest BCUT2D eigenvalue weighted by Gasteiger charge is -2.07. The third-order valence-electron chi connectivity index (χ3n) is 2.71. The summed E-state index contributed by atoms with van der Waals surface area (Å²) in [7, 11) is 0. The molecule has 0 saturated carbocycles. The Bertz CT molecular complexity index is 722. The van der Waals surface area contributed by atoms with E-state index in [-0.39, 0.29) is 5.91 Å². The first-order chi connectivity index (χ1) is 9.34. The van der Waals surface area contributed by atoms with Crippen molar-refractivity contribution in [2.75, 3.05) is 5.32 Å². The highest BCUT2D eigenvalue weighted by atomic mass is 16.1. The van der Waals surface area contributed by atoms with Crippen LogP contribution in [-0.4, -0.2) is 20.9 Å². The van der Waals surface area contributed by atoms with E-state index in [4.69, 9.17) is 0 Å². The molecule has 0 radical (unpaired) electrons. The van der Waals surface area contributed by atoms with E-state index in [2.05, 4.69) is 20.3 Å². The van der Waals surface area contributed by atoms with Crippen molar-refractivity contribution in [3.8, 4) is 0 Å². The van der Waals surface area contributed by atoms with Crippen LogP contribution in [0.3, 0.4) is 0 Å². The van der Waals surface area contributed by atoms with E-state index in [0.717, 1.165) is 10.9 Å². The molecule has 5 heteroatoms. The summed E-state index contributed by atoms with van der Waals surface area (Å²) in [4.78, 5) is 24.1. The summed E-state index contributed by atoms with van der Waals surface area (Å²) >= 11 is 0. The topological polar surface area (TPSA) is 67.8 Å². The smallest absolute Gasteiger partial charge is 0.257 e. The van der Waals surface area contributed by atoms with Crippen molar-refractivity contribution in [3.05, 3.63) is 60.8 Å². The summed E-state index contributed by atoms with van der Waals surface area (Å²) in [5, 5.41) is 3.71. The number of aromatic nitrogens is 3. The van der Waals surface area contributed by atoms with Crippen molar-refractivity contribution in [3.63, 3.8) is 0 Å². The van der Waals surface area contributed by atoms with Gasteiger partial charge in [-0.2, -0.15) is 0 Å². The Balaban J connectivity index is 1.96. The molecule has 19 heavy (non-hydrogen) atoms. The standard InChI is InChI=1S/C14H10N4O/c19-14(11-4-2-6-15-8-11)18-12-5-1-3-10-7-16-9-17-13(10)12/h1-9H,(H,18,19). The number of rotatable bonds is 2. The van der Waals surface area contributed by atoms with Crippen molar-refractivity contribution in [2.45, 2.75) is 0 Å². The van der Waals surface area contributed by atoms with Crippen LogP contribution in [0.15, 0.2) is 55.2 Å². The lowest BCUT2D eigenvalue weighted by molar-refractivity contribution is 0.102. The van der Waals surface area contributed by atoms with Gasteiger partial charge in [0.25, 0.3) is 5.91 Å². The maximum absolute atomic E-state index is 12.1. The molecule has 1 aromatic carbocycles. The number of amides is 1. The van der Waals surface area contributed by atoms with Gasteiger partial charge in [-0.25, -0.2) is 9.97 Å². The molecule has 0 aliphatic heterocycles. The van der Waals surface area contributed by atoms with Crippen LogP contribution in [0.5, 0.6) is 0 Å². The van der Waals surface area contributed by atoms with Gasteiger partial charge in [-0.15, -0.1) is 0 Å². The molecule has 92 valence electrons. The minimum atomic E-state index is -0.209. The molecule has 0 saturated heterocycles. The van der Waals surface area contributed by atoms with E-state index in [1.807, 2.05) is 18.2 Å². The van der Waals surface area contributed by atoms with Gasteiger partial charge in [-0.3, -0.25) is 9.78 Å². The summed E-state index contributed by atoms with van der Waals surface area (Å²) < 4.78 is 0. The fourth-order valence-electron chi connectivity index (χ4n) is 1.81. The zero-order valence-corrected chi connectivity index (χ0v) is 9.95. The molecule has 2 heterocycles. The quantitative estimate of drug-likeness (QED) is 0.757. The van der Waals surface area contributed by atoms with Crippen LogP contribution in [0.1, 0.15) is 10.4 Å². The molecule has 0 atom stereocenters. The second-order valence-electron chi connectivity index (χ2n) is 3.96. The van der Waals surface area contributed by atoms with Crippen LogP contribution >= 0.6 is 0 Å². The van der Waals surface area contributed by atoms with Gasteiger partial charge in [0, 0.05) is 24.0 Å². The Morgan fingerprint density at radius 1 is 1.05 bits per heavy atom. The zero-order valence-electron chi connectivity index (χ0n) is 9.95. The molecule has 1 N–H and O–H groups in total. The summed E-state index contributed by atoms with van der Waals surface area (Å²) in [6.45, 7) is 0. The van der Waals surface area contributed by atoms with Crippen LogP contribution in [0, 0.1) is 0 Å². The first-order valence-corrected chi connectivity index (χ1v) is 5.75. The highest BCUT2D eigenvalue weighted by Crippen LogP contribution is 2.20. The molecule has 3 aromatic rings. The van der Waals surface area contributed by atoms with E-state index in [1.54, 1.807) is 24.5 Å². The normalized spacial score (nSPS) is 10.3. The first-order valence-electron chi connectivity index (χ1n) is 5.75. The lowest BCUT2D eigenvalue weighted by Crippen LogP contribution is -2.12. The molecule has 0 bridgehead atoms. The Labute approximate surface area is 109 Å². The molecule has 0 aliphatic carbocycles. The Morgan fingerprint density at radius 2 is 2.00 bits per heavy atom. The monoisotopic (exact) mass is 250 g/mol. The fraction of sp³-hybridized carbons (Fsp3) is 0. The van der Waals surface area contributed by atoms with E-state index < -0.39 is 0 Å². The summed E-state index contributed by atoms with van der Waals surface area (Å²) in [6, 6.07) is 8.99. The van der Waals surface area contributed by atoms with Gasteiger partial charge >= 0.3 is 0 Å². The van der Waals surface area contributed by atoms with Gasteiger partial charge < -0.3 is 5.32 Å². The predicted molar refractivity (Wildman–Crippen MR) is 71.7 cm³/mol. The van der Waals surface area contributed by atoms with E-state index in [9.17, 15) is 4.79 Å². The Hall–Kier alpha value is -2.82. The number of carbonyl (C=O) groups excluding carboxylic acids is 1. The molecule has 5 nitrogen and oxygen atoms in total. The van der Waals surface area contributed by atoms with Crippen molar-refractivity contribution < 1.29 is 4.79 Å². The number of pyridine rings is 1. The van der Waals surface area contributed by atoms with Gasteiger partial charge in [-0.1, -0.05) is 12.1 Å². The average Bonchev–Trinajstić information content (AvgIpc) is 2.48. The number of anilines is 1. The van der Waals surface area contributed by atoms with Crippen molar-refractivity contribution >= 4 is 22.5 Å². The lowest BCUT2D eigenvalue weighted by atomic mass is 10.2. The van der Waals surface area contributed by atoms with Crippen molar-refractivity contribution in [1.29, 1.82) is 0 Å². The number of carbonyl (C=O) groups is 1. The molecule has 0 spiro atoms. The number of nitrogens with one attached hydrogen (secondary N) is 1. The van der Waals surface area contributed by atoms with Crippen molar-refractivity contribution in [2.24, 2.45) is 0 Å². The minimum absolute atomic E-state index is 0.209. The Morgan fingerprint density at radius 3 is 2.84 bits per heavy atom. The number of fused-ring (bicyclic) bond motifs is 1. The van der Waals surface area contributed by atoms with E-state index in [0.29, 0.717) is 11.3 Å². The summed E-state index contributed by atoms with van der Waals surface area (Å²) in [5.41, 5.74) is 1.89. The molecule has 0 aliphatic rings. The molecule has 0 fully saturated rings. The molecular formula is C14H10N4O. The molecule has 0 unspecified atom stereocenters. The third-order valence-corrected chi connectivity index (χ3v) is 2.71. The maximum atomic E-state index is 12.1. The molecule has 2 aromatic heterocycles. The Kier molecular flexibility index (Phi) is 2.86. The maximum Gasteiger partial charge on any atom is 0.257 e. The van der Waals surface area contributed by atoms with E-state index in [1.165, 1.54) is 12.5 Å². The largest absolute Gasteiger partial charge is 0.320 e. The summed E-state index contributed by atoms with van der Waals surface area (Å²) in [5.74, 6) is -0.209. The SMILES string of the molecule is O=C(Nc1cccc2cncnc12)c1cccnc1.